The highest BCUT2D eigenvalue weighted by molar-refractivity contribution is 5.16. The molecule has 4 rings (SSSR count). The third-order valence-corrected chi connectivity index (χ3v) is 3.64. The third kappa shape index (κ3) is 16.9. The molecule has 0 aromatic heterocycles. The van der Waals surface area contributed by atoms with E-state index in [1.807, 2.05) is 12.2 Å². The topological polar surface area (TPSA) is 0 Å². The first-order valence-electron chi connectivity index (χ1n) is 9.13. The second-order valence-electron chi connectivity index (χ2n) is 6.06. The van der Waals surface area contributed by atoms with E-state index in [1.54, 1.807) is 0 Å². The van der Waals surface area contributed by atoms with Crippen molar-refractivity contribution in [1.82, 2.24) is 0 Å². The lowest BCUT2D eigenvalue weighted by molar-refractivity contribution is 0.730. The van der Waals surface area contributed by atoms with E-state index >= 15 is 0 Å². The van der Waals surface area contributed by atoms with E-state index in [-0.39, 0.29) is 0 Å². The molecule has 118 valence electrons. The van der Waals surface area contributed by atoms with Crippen LogP contribution in [0.15, 0.2) is 48.6 Å². The Balaban J connectivity index is 0.000000145. The summed E-state index contributed by atoms with van der Waals surface area (Å²) in [4.78, 5) is 0. The molecule has 0 heteroatoms. The van der Waals surface area contributed by atoms with Crippen molar-refractivity contribution in [3.05, 3.63) is 48.6 Å². The van der Waals surface area contributed by atoms with Crippen LogP contribution in [0.1, 0.15) is 83.5 Å². The van der Waals surface area contributed by atoms with Gasteiger partial charge in [-0.25, -0.2) is 0 Å². The standard InChI is InChI=1S/C7H8.C6H10.C5H10.C3H6/c1-2-4-6-7-5-3-1;1-2-4-6-5-3-1;1-2-4-5-3-1;1-2-3-1/h1-6H,7H2;1-2H,3-6H2;1-5H2;1-3H2. The first-order valence-corrected chi connectivity index (χ1v) is 9.13. The molecule has 0 heterocycles. The molecular weight excluding hydrogens is 252 g/mol. The van der Waals surface area contributed by atoms with E-state index in [0.29, 0.717) is 0 Å². The van der Waals surface area contributed by atoms with Crippen molar-refractivity contribution >= 4 is 0 Å². The lowest BCUT2D eigenvalue weighted by Crippen LogP contribution is -1.77. The van der Waals surface area contributed by atoms with Crippen LogP contribution in [0.2, 0.25) is 0 Å². The van der Waals surface area contributed by atoms with Gasteiger partial charge in [0.15, 0.2) is 0 Å². The summed E-state index contributed by atoms with van der Waals surface area (Å²) >= 11 is 0. The lowest BCUT2D eigenvalue weighted by Gasteiger charge is -1.97. The number of rotatable bonds is 0. The van der Waals surface area contributed by atoms with E-state index in [9.17, 15) is 0 Å². The van der Waals surface area contributed by atoms with E-state index in [0.717, 1.165) is 6.42 Å². The van der Waals surface area contributed by atoms with Gasteiger partial charge in [-0.15, -0.1) is 0 Å². The normalized spacial score (nSPS) is 21.0. The van der Waals surface area contributed by atoms with Crippen molar-refractivity contribution in [3.63, 3.8) is 0 Å². The van der Waals surface area contributed by atoms with Crippen LogP contribution in [0.4, 0.5) is 0 Å². The molecule has 4 aliphatic carbocycles. The van der Waals surface area contributed by atoms with E-state index in [1.165, 1.54) is 77.0 Å². The Morgan fingerprint density at radius 3 is 1.00 bits per heavy atom. The molecule has 0 nitrogen and oxygen atoms in total. The second-order valence-corrected chi connectivity index (χ2v) is 6.06. The average Bonchev–Trinajstić information content (AvgIpc) is 3.38. The third-order valence-electron chi connectivity index (χ3n) is 3.64. The van der Waals surface area contributed by atoms with Crippen molar-refractivity contribution < 1.29 is 0 Å². The predicted octanol–water partition coefficient (Wildman–Crippen LogP) is 7.30. The average molecular weight is 287 g/mol. The van der Waals surface area contributed by atoms with E-state index in [4.69, 9.17) is 0 Å². The molecular formula is C21H34. The van der Waals surface area contributed by atoms with E-state index < -0.39 is 0 Å². The molecule has 0 aromatic carbocycles. The molecule has 2 saturated carbocycles. The molecule has 0 unspecified atom stereocenters. The van der Waals surface area contributed by atoms with Crippen molar-refractivity contribution in [2.45, 2.75) is 83.5 Å². The van der Waals surface area contributed by atoms with Crippen LogP contribution in [0.5, 0.6) is 0 Å². The van der Waals surface area contributed by atoms with Crippen LogP contribution in [-0.2, 0) is 0 Å². The summed E-state index contributed by atoms with van der Waals surface area (Å²) in [5.41, 5.74) is 0. The van der Waals surface area contributed by atoms with Crippen molar-refractivity contribution in [2.75, 3.05) is 0 Å². The van der Waals surface area contributed by atoms with Gasteiger partial charge in [0.25, 0.3) is 0 Å². The highest BCUT2D eigenvalue weighted by atomic mass is 14.0. The highest BCUT2D eigenvalue weighted by Gasteiger charge is 1.95. The first kappa shape index (κ1) is 18.0. The first-order chi connectivity index (χ1) is 10.5. The molecule has 0 N–H and O–H groups in total. The quantitative estimate of drug-likeness (QED) is 0.410. The Morgan fingerprint density at radius 1 is 0.333 bits per heavy atom. The SMILES string of the molecule is C1=CC=CCC=C1.C1=CCCCC1.C1CC1.C1CCCC1. The fraction of sp³-hybridized carbons (Fsp3) is 0.619. The molecule has 2 fully saturated rings. The summed E-state index contributed by atoms with van der Waals surface area (Å²) in [6.07, 6.45) is 35.5. The van der Waals surface area contributed by atoms with Gasteiger partial charge in [-0.3, -0.25) is 0 Å². The minimum absolute atomic E-state index is 1.08. The van der Waals surface area contributed by atoms with Crippen LogP contribution in [0.3, 0.4) is 0 Å². The summed E-state index contributed by atoms with van der Waals surface area (Å²) in [5, 5.41) is 0. The monoisotopic (exact) mass is 286 g/mol. The van der Waals surface area contributed by atoms with Gasteiger partial charge in [0.05, 0.1) is 0 Å². The molecule has 0 bridgehead atoms. The van der Waals surface area contributed by atoms with E-state index in [2.05, 4.69) is 36.5 Å². The van der Waals surface area contributed by atoms with Crippen molar-refractivity contribution in [2.24, 2.45) is 0 Å². The fourth-order valence-corrected chi connectivity index (χ4v) is 2.17. The summed E-state index contributed by atoms with van der Waals surface area (Å²) in [5.74, 6) is 0. The zero-order valence-electron chi connectivity index (χ0n) is 13.8. The van der Waals surface area contributed by atoms with Crippen LogP contribution in [-0.4, -0.2) is 0 Å². The molecule has 0 atom stereocenters. The van der Waals surface area contributed by atoms with Gasteiger partial charge in [0.1, 0.15) is 0 Å². The maximum absolute atomic E-state index is 2.27. The zero-order chi connectivity index (χ0) is 14.8. The Kier molecular flexibility index (Phi) is 13.2. The minimum Gasteiger partial charge on any atom is -0.0885 e. The maximum Gasteiger partial charge on any atom is -0.0163 e. The highest BCUT2D eigenvalue weighted by Crippen LogP contribution is 2.15. The van der Waals surface area contributed by atoms with Crippen LogP contribution in [0, 0.1) is 0 Å². The van der Waals surface area contributed by atoms with Crippen LogP contribution < -0.4 is 0 Å². The summed E-state index contributed by atoms with van der Waals surface area (Å²) in [6, 6.07) is 0. The van der Waals surface area contributed by atoms with Gasteiger partial charge in [-0.05, 0) is 32.1 Å². The molecule has 0 aromatic rings. The van der Waals surface area contributed by atoms with Crippen molar-refractivity contribution in [3.8, 4) is 0 Å². The van der Waals surface area contributed by atoms with Gasteiger partial charge in [0.2, 0.25) is 0 Å². The number of allylic oxidation sites excluding steroid dienone is 8. The summed E-state index contributed by atoms with van der Waals surface area (Å²) < 4.78 is 0. The van der Waals surface area contributed by atoms with Crippen LogP contribution in [0.25, 0.3) is 0 Å². The zero-order valence-corrected chi connectivity index (χ0v) is 13.8. The second kappa shape index (κ2) is 15.4. The Morgan fingerprint density at radius 2 is 0.714 bits per heavy atom. The largest absolute Gasteiger partial charge is 0.0885 e. The van der Waals surface area contributed by atoms with Gasteiger partial charge in [0, 0.05) is 0 Å². The molecule has 21 heavy (non-hydrogen) atoms. The van der Waals surface area contributed by atoms with Gasteiger partial charge >= 0.3 is 0 Å². The molecule has 0 spiro atoms. The Hall–Kier alpha value is -1.04. The molecule has 0 saturated heterocycles. The minimum atomic E-state index is 1.08. The Labute approximate surface area is 132 Å². The number of hydrogen-bond donors (Lipinski definition) is 0. The molecule has 0 aliphatic heterocycles. The molecule has 0 amide bonds. The smallest absolute Gasteiger partial charge is 0.0163 e. The van der Waals surface area contributed by atoms with Gasteiger partial charge in [-0.1, -0.05) is 100.0 Å². The maximum atomic E-state index is 2.27. The van der Waals surface area contributed by atoms with Crippen LogP contribution >= 0.6 is 0 Å². The summed E-state index contributed by atoms with van der Waals surface area (Å²) in [6.45, 7) is 0. The van der Waals surface area contributed by atoms with Gasteiger partial charge < -0.3 is 0 Å². The van der Waals surface area contributed by atoms with Gasteiger partial charge in [-0.2, -0.15) is 0 Å². The number of hydrogen-bond acceptors (Lipinski definition) is 0. The Bertz CT molecular complexity index is 279. The molecule has 0 radical (unpaired) electrons. The lowest BCUT2D eigenvalue weighted by atomic mass is 10.1. The molecule has 4 aliphatic rings. The predicted molar refractivity (Wildman–Crippen MR) is 96.6 cm³/mol. The van der Waals surface area contributed by atoms with Crippen molar-refractivity contribution in [1.29, 1.82) is 0 Å². The fourth-order valence-electron chi connectivity index (χ4n) is 2.17. The summed E-state index contributed by atoms with van der Waals surface area (Å²) in [7, 11) is 0.